The third-order valence-electron chi connectivity index (χ3n) is 3.36. The molecule has 2 heteroatoms. The van der Waals surface area contributed by atoms with Crippen molar-refractivity contribution < 1.29 is 9.21 Å². The van der Waals surface area contributed by atoms with Gasteiger partial charge in [0.1, 0.15) is 11.2 Å². The maximum atomic E-state index is 12.3. The summed E-state index contributed by atoms with van der Waals surface area (Å²) in [5.41, 5.74) is 2.98. The minimum atomic E-state index is 0.0112. The Bertz CT molecular complexity index is 850. The summed E-state index contributed by atoms with van der Waals surface area (Å²) < 4.78 is 5.75. The van der Waals surface area contributed by atoms with Gasteiger partial charge < -0.3 is 4.42 Å². The van der Waals surface area contributed by atoms with E-state index in [1.807, 2.05) is 36.4 Å². The quantitative estimate of drug-likeness (QED) is 0.382. The standard InChI is InChI=1S/C18H14O2/c1-3-6-12(2)18(19)13-9-10-17-15(11-13)14-7-4-5-8-16(14)20-17/h3-11H,1H2,2H3/b12-6+. The SMILES string of the molecule is C=C/C=C(\C)C(=O)c1ccc2oc3ccccc3c2c1. The molecule has 0 aliphatic carbocycles. The van der Waals surface area contributed by atoms with Gasteiger partial charge >= 0.3 is 0 Å². The molecule has 0 bridgehead atoms. The Morgan fingerprint density at radius 3 is 2.65 bits per heavy atom. The van der Waals surface area contributed by atoms with Gasteiger partial charge in [0.2, 0.25) is 0 Å². The lowest BCUT2D eigenvalue weighted by molar-refractivity contribution is 0.103. The molecular formula is C18H14O2. The Labute approximate surface area is 117 Å². The zero-order valence-corrected chi connectivity index (χ0v) is 11.2. The predicted molar refractivity (Wildman–Crippen MR) is 82.0 cm³/mol. The van der Waals surface area contributed by atoms with Crippen LogP contribution in [-0.4, -0.2) is 5.78 Å². The van der Waals surface area contributed by atoms with Gasteiger partial charge in [0.15, 0.2) is 5.78 Å². The second-order valence-corrected chi connectivity index (χ2v) is 4.72. The monoisotopic (exact) mass is 262 g/mol. The summed E-state index contributed by atoms with van der Waals surface area (Å²) in [6.07, 6.45) is 3.35. The number of para-hydroxylation sites is 1. The third-order valence-corrected chi connectivity index (χ3v) is 3.36. The summed E-state index contributed by atoms with van der Waals surface area (Å²) in [6, 6.07) is 13.4. The molecule has 0 aliphatic rings. The number of benzene rings is 2. The summed E-state index contributed by atoms with van der Waals surface area (Å²) in [5.74, 6) is 0.0112. The molecule has 0 spiro atoms. The molecule has 0 amide bonds. The highest BCUT2D eigenvalue weighted by atomic mass is 16.3. The van der Waals surface area contributed by atoms with Gasteiger partial charge in [-0.25, -0.2) is 0 Å². The van der Waals surface area contributed by atoms with Crippen LogP contribution >= 0.6 is 0 Å². The largest absolute Gasteiger partial charge is 0.456 e. The van der Waals surface area contributed by atoms with E-state index in [0.29, 0.717) is 11.1 Å². The molecule has 3 aromatic rings. The maximum absolute atomic E-state index is 12.3. The first-order valence-corrected chi connectivity index (χ1v) is 6.46. The van der Waals surface area contributed by atoms with Gasteiger partial charge in [0, 0.05) is 16.3 Å². The second-order valence-electron chi connectivity index (χ2n) is 4.72. The van der Waals surface area contributed by atoms with E-state index >= 15 is 0 Å². The van der Waals surface area contributed by atoms with Gasteiger partial charge in [-0.3, -0.25) is 4.79 Å². The number of rotatable bonds is 3. The van der Waals surface area contributed by atoms with Crippen LogP contribution in [0.2, 0.25) is 0 Å². The van der Waals surface area contributed by atoms with Crippen molar-refractivity contribution in [2.24, 2.45) is 0 Å². The van der Waals surface area contributed by atoms with Crippen LogP contribution in [0.3, 0.4) is 0 Å². The molecule has 0 unspecified atom stereocenters. The summed E-state index contributed by atoms with van der Waals surface area (Å²) in [6.45, 7) is 5.41. The lowest BCUT2D eigenvalue weighted by atomic mass is 10.0. The van der Waals surface area contributed by atoms with Gasteiger partial charge in [0.05, 0.1) is 0 Å². The fraction of sp³-hybridized carbons (Fsp3) is 0.0556. The summed E-state index contributed by atoms with van der Waals surface area (Å²) in [5, 5.41) is 2.00. The zero-order valence-electron chi connectivity index (χ0n) is 11.2. The van der Waals surface area contributed by atoms with Crippen molar-refractivity contribution in [1.82, 2.24) is 0 Å². The molecule has 2 aromatic carbocycles. The van der Waals surface area contributed by atoms with Crippen molar-refractivity contribution in [2.75, 3.05) is 0 Å². The van der Waals surface area contributed by atoms with Crippen molar-refractivity contribution in [1.29, 1.82) is 0 Å². The van der Waals surface area contributed by atoms with Crippen molar-refractivity contribution in [3.63, 3.8) is 0 Å². The Morgan fingerprint density at radius 1 is 1.10 bits per heavy atom. The van der Waals surface area contributed by atoms with Crippen LogP contribution in [0.4, 0.5) is 0 Å². The van der Waals surface area contributed by atoms with E-state index in [4.69, 9.17) is 4.42 Å². The molecule has 0 N–H and O–H groups in total. The molecule has 0 saturated heterocycles. The van der Waals surface area contributed by atoms with E-state index in [9.17, 15) is 4.79 Å². The summed E-state index contributed by atoms with van der Waals surface area (Å²) in [4.78, 5) is 12.3. The van der Waals surface area contributed by atoms with Crippen molar-refractivity contribution in [2.45, 2.75) is 6.92 Å². The molecule has 0 aliphatic heterocycles. The molecule has 98 valence electrons. The van der Waals surface area contributed by atoms with Crippen LogP contribution < -0.4 is 0 Å². The van der Waals surface area contributed by atoms with Crippen LogP contribution in [0.25, 0.3) is 21.9 Å². The molecule has 0 radical (unpaired) electrons. The molecule has 0 fully saturated rings. The summed E-state index contributed by atoms with van der Waals surface area (Å²) >= 11 is 0. The highest BCUT2D eigenvalue weighted by Gasteiger charge is 2.11. The van der Waals surface area contributed by atoms with Gasteiger partial charge in [-0.15, -0.1) is 0 Å². The molecule has 2 nitrogen and oxygen atoms in total. The smallest absolute Gasteiger partial charge is 0.188 e. The van der Waals surface area contributed by atoms with Crippen molar-refractivity contribution in [3.8, 4) is 0 Å². The molecular weight excluding hydrogens is 248 g/mol. The minimum absolute atomic E-state index is 0.0112. The topological polar surface area (TPSA) is 30.2 Å². The maximum Gasteiger partial charge on any atom is 0.188 e. The number of allylic oxidation sites excluding steroid dienone is 3. The fourth-order valence-electron chi connectivity index (χ4n) is 2.35. The van der Waals surface area contributed by atoms with Crippen LogP contribution in [0.1, 0.15) is 17.3 Å². The van der Waals surface area contributed by atoms with E-state index < -0.39 is 0 Å². The van der Waals surface area contributed by atoms with Crippen molar-refractivity contribution in [3.05, 3.63) is 72.3 Å². The molecule has 1 heterocycles. The van der Waals surface area contributed by atoms with Crippen molar-refractivity contribution >= 4 is 27.7 Å². The number of ketones is 1. The van der Waals surface area contributed by atoms with Crippen LogP contribution in [0.5, 0.6) is 0 Å². The first-order chi connectivity index (χ1) is 9.70. The van der Waals surface area contributed by atoms with Gasteiger partial charge in [-0.2, -0.15) is 0 Å². The van der Waals surface area contributed by atoms with Gasteiger partial charge in [-0.05, 0) is 36.8 Å². The van der Waals surface area contributed by atoms with E-state index in [2.05, 4.69) is 6.58 Å². The molecule has 3 rings (SSSR count). The number of carbonyl (C=O) groups excluding carboxylic acids is 1. The lowest BCUT2D eigenvalue weighted by Crippen LogP contribution is -1.99. The van der Waals surface area contributed by atoms with Gasteiger partial charge in [0.25, 0.3) is 0 Å². The molecule has 0 atom stereocenters. The van der Waals surface area contributed by atoms with Crippen LogP contribution in [-0.2, 0) is 0 Å². The minimum Gasteiger partial charge on any atom is -0.456 e. The normalized spacial score (nSPS) is 11.9. The average molecular weight is 262 g/mol. The van der Waals surface area contributed by atoms with Crippen LogP contribution in [0.15, 0.2) is 71.2 Å². The number of fused-ring (bicyclic) bond motifs is 3. The highest BCUT2D eigenvalue weighted by molar-refractivity contribution is 6.13. The molecule has 1 aromatic heterocycles. The van der Waals surface area contributed by atoms with E-state index in [1.165, 1.54) is 0 Å². The Balaban J connectivity index is 2.19. The Hall–Kier alpha value is -2.61. The number of hydrogen-bond acceptors (Lipinski definition) is 2. The van der Waals surface area contributed by atoms with Crippen LogP contribution in [0, 0.1) is 0 Å². The van der Waals surface area contributed by atoms with E-state index in [-0.39, 0.29) is 5.78 Å². The number of Topliss-reactive ketones (excluding diaryl/α,β-unsaturated/α-hetero) is 1. The third kappa shape index (κ3) is 1.95. The lowest BCUT2D eigenvalue weighted by Gasteiger charge is -2.00. The number of furan rings is 1. The summed E-state index contributed by atoms with van der Waals surface area (Å²) in [7, 11) is 0. The number of hydrogen-bond donors (Lipinski definition) is 0. The Kier molecular flexibility index (Phi) is 2.99. The second kappa shape index (κ2) is 4.82. The highest BCUT2D eigenvalue weighted by Crippen LogP contribution is 2.29. The van der Waals surface area contributed by atoms with E-state index in [0.717, 1.165) is 21.9 Å². The van der Waals surface area contributed by atoms with E-state index in [1.54, 1.807) is 25.1 Å². The fourth-order valence-corrected chi connectivity index (χ4v) is 2.35. The zero-order chi connectivity index (χ0) is 14.1. The predicted octanol–water partition coefficient (Wildman–Crippen LogP) is 4.90. The first-order valence-electron chi connectivity index (χ1n) is 6.46. The Morgan fingerprint density at radius 2 is 1.85 bits per heavy atom. The number of carbonyl (C=O) groups is 1. The van der Waals surface area contributed by atoms with Gasteiger partial charge in [-0.1, -0.05) is 36.9 Å². The molecule has 20 heavy (non-hydrogen) atoms. The molecule has 0 saturated carbocycles. The first kappa shape index (κ1) is 12.4. The average Bonchev–Trinajstić information content (AvgIpc) is 2.84.